The lowest BCUT2D eigenvalue weighted by molar-refractivity contribution is -0.123. The molecule has 1 aromatic heterocycles. The van der Waals surface area contributed by atoms with Gasteiger partial charge in [-0.15, -0.1) is 0 Å². The van der Waals surface area contributed by atoms with Crippen molar-refractivity contribution in [1.82, 2.24) is 10.3 Å². The molecule has 0 amide bonds. The summed E-state index contributed by atoms with van der Waals surface area (Å²) < 4.78 is 0. The Morgan fingerprint density at radius 3 is 2.47 bits per heavy atom. The van der Waals surface area contributed by atoms with Crippen LogP contribution in [0, 0.1) is 5.92 Å². The number of aromatic nitrogens is 1. The molecule has 1 atom stereocenters. The molecule has 0 aliphatic heterocycles. The van der Waals surface area contributed by atoms with Crippen LogP contribution in [0.3, 0.4) is 0 Å². The number of likely N-dealkylation sites (N-methyl/N-ethyl adjacent to an activating group) is 1. The third kappa shape index (κ3) is 3.44. The summed E-state index contributed by atoms with van der Waals surface area (Å²) in [5.41, 5.74) is 1.14. The van der Waals surface area contributed by atoms with E-state index in [-0.39, 0.29) is 17.7 Å². The van der Waals surface area contributed by atoms with Gasteiger partial charge in [0.2, 0.25) is 0 Å². The predicted octanol–water partition coefficient (Wildman–Crippen LogP) is 1.44. The van der Waals surface area contributed by atoms with E-state index >= 15 is 0 Å². The zero-order chi connectivity index (χ0) is 11.3. The van der Waals surface area contributed by atoms with E-state index in [0.717, 1.165) is 12.0 Å². The summed E-state index contributed by atoms with van der Waals surface area (Å²) >= 11 is 0. The number of ketones is 1. The minimum Gasteiger partial charge on any atom is -0.310 e. The van der Waals surface area contributed by atoms with Crippen molar-refractivity contribution in [3.05, 3.63) is 30.1 Å². The average molecular weight is 206 g/mol. The molecule has 1 rings (SSSR count). The maximum Gasteiger partial charge on any atom is 0.152 e. The molecule has 0 bridgehead atoms. The van der Waals surface area contributed by atoms with Crippen LogP contribution in [-0.4, -0.2) is 23.9 Å². The first kappa shape index (κ1) is 11.9. The number of hydrogen-bond donors (Lipinski definition) is 1. The van der Waals surface area contributed by atoms with E-state index in [9.17, 15) is 4.79 Å². The number of nitrogens with one attached hydrogen (secondary N) is 1. The van der Waals surface area contributed by atoms with Gasteiger partial charge in [0.1, 0.15) is 0 Å². The van der Waals surface area contributed by atoms with Crippen molar-refractivity contribution >= 4 is 5.78 Å². The van der Waals surface area contributed by atoms with Gasteiger partial charge in [0.15, 0.2) is 5.78 Å². The van der Waals surface area contributed by atoms with Crippen molar-refractivity contribution in [2.75, 3.05) is 7.05 Å². The van der Waals surface area contributed by atoms with E-state index in [2.05, 4.69) is 10.3 Å². The highest BCUT2D eigenvalue weighted by atomic mass is 16.1. The molecule has 82 valence electrons. The number of nitrogens with zero attached hydrogens (tertiary/aromatic N) is 1. The molecular weight excluding hydrogens is 188 g/mol. The fourth-order valence-corrected chi connectivity index (χ4v) is 1.50. The van der Waals surface area contributed by atoms with Gasteiger partial charge in [0.25, 0.3) is 0 Å². The molecule has 3 nitrogen and oxygen atoms in total. The Balaban J connectivity index is 2.66. The largest absolute Gasteiger partial charge is 0.310 e. The minimum atomic E-state index is -0.0904. The number of hydrogen-bond acceptors (Lipinski definition) is 3. The first-order valence-electron chi connectivity index (χ1n) is 5.25. The van der Waals surface area contributed by atoms with E-state index in [1.54, 1.807) is 12.4 Å². The highest BCUT2D eigenvalue weighted by molar-refractivity contribution is 5.85. The molecule has 0 saturated heterocycles. The van der Waals surface area contributed by atoms with Crippen LogP contribution in [0.25, 0.3) is 0 Å². The molecule has 1 aromatic rings. The predicted molar refractivity (Wildman–Crippen MR) is 60.6 cm³/mol. The van der Waals surface area contributed by atoms with Gasteiger partial charge in [-0.3, -0.25) is 9.78 Å². The van der Waals surface area contributed by atoms with Crippen molar-refractivity contribution in [3.8, 4) is 0 Å². The van der Waals surface area contributed by atoms with Crippen LogP contribution < -0.4 is 5.32 Å². The molecule has 3 heteroatoms. The minimum absolute atomic E-state index is 0.0734. The molecule has 0 aliphatic carbocycles. The Bertz CT molecular complexity index is 309. The van der Waals surface area contributed by atoms with Gasteiger partial charge >= 0.3 is 0 Å². The Kier molecular flexibility index (Phi) is 4.43. The molecule has 0 saturated carbocycles. The van der Waals surface area contributed by atoms with Crippen LogP contribution in [0.1, 0.15) is 19.4 Å². The summed E-state index contributed by atoms with van der Waals surface area (Å²) in [6.07, 6.45) is 4.24. The van der Waals surface area contributed by atoms with Crippen LogP contribution in [0.15, 0.2) is 24.5 Å². The van der Waals surface area contributed by atoms with Gasteiger partial charge in [-0.1, -0.05) is 13.8 Å². The molecule has 0 fully saturated rings. The summed E-state index contributed by atoms with van der Waals surface area (Å²) in [6.45, 7) is 3.86. The molecule has 15 heavy (non-hydrogen) atoms. The smallest absolute Gasteiger partial charge is 0.152 e. The number of rotatable bonds is 5. The lowest BCUT2D eigenvalue weighted by atomic mass is 9.96. The molecule has 1 N–H and O–H groups in total. The fraction of sp³-hybridized carbons (Fsp3) is 0.500. The summed E-state index contributed by atoms with van der Waals surface area (Å²) in [5.74, 6) is 0.332. The standard InChI is InChI=1S/C12H18N2O/c1-9(2)12(15)11(13-3)8-10-4-6-14-7-5-10/h4-7,9,11,13H,8H2,1-3H3. The van der Waals surface area contributed by atoms with Crippen molar-refractivity contribution in [2.45, 2.75) is 26.3 Å². The number of carbonyl (C=O) groups is 1. The monoisotopic (exact) mass is 206 g/mol. The summed E-state index contributed by atoms with van der Waals surface area (Å²) in [6, 6.07) is 3.79. The van der Waals surface area contributed by atoms with Crippen LogP contribution in [-0.2, 0) is 11.2 Å². The van der Waals surface area contributed by atoms with E-state index < -0.39 is 0 Å². The average Bonchev–Trinajstić information content (AvgIpc) is 2.26. The van der Waals surface area contributed by atoms with Crippen LogP contribution >= 0.6 is 0 Å². The van der Waals surface area contributed by atoms with Crippen molar-refractivity contribution in [1.29, 1.82) is 0 Å². The molecule has 1 heterocycles. The lowest BCUT2D eigenvalue weighted by Crippen LogP contribution is -2.38. The quantitative estimate of drug-likeness (QED) is 0.792. The third-order valence-corrected chi connectivity index (χ3v) is 2.45. The van der Waals surface area contributed by atoms with Gasteiger partial charge in [-0.25, -0.2) is 0 Å². The van der Waals surface area contributed by atoms with E-state index in [1.165, 1.54) is 0 Å². The second-order valence-electron chi connectivity index (χ2n) is 3.96. The maximum atomic E-state index is 11.8. The van der Waals surface area contributed by atoms with Gasteiger partial charge in [-0.05, 0) is 31.2 Å². The molecule has 0 aromatic carbocycles. The van der Waals surface area contributed by atoms with Gasteiger partial charge in [0.05, 0.1) is 6.04 Å². The summed E-state index contributed by atoms with van der Waals surface area (Å²) in [4.78, 5) is 15.8. The SMILES string of the molecule is CNC(Cc1ccncc1)C(=O)C(C)C. The number of Topliss-reactive ketones (excluding diaryl/α,β-unsaturated/α-hetero) is 1. The van der Waals surface area contributed by atoms with Gasteiger partial charge < -0.3 is 5.32 Å². The number of carbonyl (C=O) groups excluding carboxylic acids is 1. The Hall–Kier alpha value is -1.22. The molecule has 0 radical (unpaired) electrons. The van der Waals surface area contributed by atoms with Gasteiger partial charge in [0, 0.05) is 18.3 Å². The lowest BCUT2D eigenvalue weighted by Gasteiger charge is -2.16. The fourth-order valence-electron chi connectivity index (χ4n) is 1.50. The first-order valence-corrected chi connectivity index (χ1v) is 5.25. The second kappa shape index (κ2) is 5.61. The maximum absolute atomic E-state index is 11.8. The van der Waals surface area contributed by atoms with Crippen LogP contribution in [0.5, 0.6) is 0 Å². The highest BCUT2D eigenvalue weighted by Crippen LogP contribution is 2.06. The Morgan fingerprint density at radius 1 is 1.40 bits per heavy atom. The molecule has 0 spiro atoms. The summed E-state index contributed by atoms with van der Waals surface area (Å²) in [7, 11) is 1.83. The van der Waals surface area contributed by atoms with Crippen LogP contribution in [0.2, 0.25) is 0 Å². The number of pyridine rings is 1. The van der Waals surface area contributed by atoms with E-state index in [0.29, 0.717) is 0 Å². The van der Waals surface area contributed by atoms with E-state index in [4.69, 9.17) is 0 Å². The van der Waals surface area contributed by atoms with Crippen molar-refractivity contribution in [3.63, 3.8) is 0 Å². The molecule has 1 unspecified atom stereocenters. The van der Waals surface area contributed by atoms with Crippen LogP contribution in [0.4, 0.5) is 0 Å². The Morgan fingerprint density at radius 2 is 2.00 bits per heavy atom. The second-order valence-corrected chi connectivity index (χ2v) is 3.96. The van der Waals surface area contributed by atoms with Crippen molar-refractivity contribution < 1.29 is 4.79 Å². The molecular formula is C12H18N2O. The third-order valence-electron chi connectivity index (χ3n) is 2.45. The normalized spacial score (nSPS) is 12.8. The topological polar surface area (TPSA) is 42.0 Å². The van der Waals surface area contributed by atoms with Crippen molar-refractivity contribution in [2.24, 2.45) is 5.92 Å². The van der Waals surface area contributed by atoms with Gasteiger partial charge in [-0.2, -0.15) is 0 Å². The zero-order valence-electron chi connectivity index (χ0n) is 9.53. The summed E-state index contributed by atoms with van der Waals surface area (Å²) in [5, 5.41) is 3.06. The Labute approximate surface area is 90.9 Å². The zero-order valence-corrected chi connectivity index (χ0v) is 9.53. The van der Waals surface area contributed by atoms with E-state index in [1.807, 2.05) is 33.0 Å². The molecule has 0 aliphatic rings. The highest BCUT2D eigenvalue weighted by Gasteiger charge is 2.19. The first-order chi connectivity index (χ1) is 7.15.